The summed E-state index contributed by atoms with van der Waals surface area (Å²) in [6.45, 7) is 1.60. The molecule has 0 bridgehead atoms. The predicted octanol–water partition coefficient (Wildman–Crippen LogP) is 2.63. The third-order valence-corrected chi connectivity index (χ3v) is 4.01. The Balaban J connectivity index is 1.70. The van der Waals surface area contributed by atoms with Gasteiger partial charge in [-0.3, -0.25) is 10.2 Å². The van der Waals surface area contributed by atoms with E-state index in [1.54, 1.807) is 24.3 Å². The van der Waals surface area contributed by atoms with Crippen LogP contribution < -0.4 is 10.5 Å². The third-order valence-electron chi connectivity index (χ3n) is 3.76. The van der Waals surface area contributed by atoms with Crippen LogP contribution in [0.2, 0.25) is 5.02 Å². The minimum atomic E-state index is -0.216. The fraction of sp³-hybridized carbons (Fsp3) is 0.467. The number of hydrogen-bond acceptors (Lipinski definition) is 3. The quantitative estimate of drug-likeness (QED) is 0.388. The lowest BCUT2D eigenvalue weighted by Gasteiger charge is -2.31. The van der Waals surface area contributed by atoms with Crippen molar-refractivity contribution >= 4 is 23.5 Å². The molecule has 0 amide bonds. The molecule has 6 heteroatoms. The molecule has 0 atom stereocenters. The van der Waals surface area contributed by atoms with Crippen LogP contribution in [0, 0.1) is 11.3 Å². The molecule has 0 radical (unpaired) electrons. The fourth-order valence-corrected chi connectivity index (χ4v) is 2.60. The van der Waals surface area contributed by atoms with Crippen molar-refractivity contribution in [2.24, 2.45) is 11.7 Å². The van der Waals surface area contributed by atoms with Gasteiger partial charge in [0.1, 0.15) is 5.75 Å². The van der Waals surface area contributed by atoms with E-state index in [9.17, 15) is 4.79 Å². The van der Waals surface area contributed by atoms with Crippen molar-refractivity contribution in [3.05, 3.63) is 29.3 Å². The first kappa shape index (κ1) is 15.6. The Kier molecular flexibility index (Phi) is 5.44. The third kappa shape index (κ3) is 4.93. The SMILES string of the molecule is N=C(N)N1CCC(CCC(=O)Oc2ccc(Cl)cc2)CC1. The van der Waals surface area contributed by atoms with E-state index in [0.29, 0.717) is 23.1 Å². The van der Waals surface area contributed by atoms with Crippen LogP contribution in [0.5, 0.6) is 5.75 Å². The van der Waals surface area contributed by atoms with E-state index >= 15 is 0 Å². The van der Waals surface area contributed by atoms with Gasteiger partial charge in [-0.2, -0.15) is 0 Å². The van der Waals surface area contributed by atoms with Gasteiger partial charge in [0.2, 0.25) is 0 Å². The summed E-state index contributed by atoms with van der Waals surface area (Å²) in [7, 11) is 0. The monoisotopic (exact) mass is 309 g/mol. The second-order valence-corrected chi connectivity index (χ2v) is 5.72. The maximum absolute atomic E-state index is 11.8. The minimum Gasteiger partial charge on any atom is -0.427 e. The minimum absolute atomic E-state index is 0.135. The summed E-state index contributed by atoms with van der Waals surface area (Å²) in [5, 5.41) is 8.00. The molecule has 1 aliphatic heterocycles. The molecule has 0 aromatic heterocycles. The predicted molar refractivity (Wildman–Crippen MR) is 82.5 cm³/mol. The maximum Gasteiger partial charge on any atom is 0.311 e. The Morgan fingerprint density at radius 2 is 1.95 bits per heavy atom. The second-order valence-electron chi connectivity index (χ2n) is 5.28. The van der Waals surface area contributed by atoms with E-state index in [4.69, 9.17) is 27.5 Å². The molecule has 1 aliphatic rings. The Labute approximate surface area is 129 Å². The Morgan fingerprint density at radius 1 is 1.33 bits per heavy atom. The van der Waals surface area contributed by atoms with Crippen LogP contribution in [0.25, 0.3) is 0 Å². The van der Waals surface area contributed by atoms with Crippen molar-refractivity contribution in [1.29, 1.82) is 5.41 Å². The number of nitrogens with one attached hydrogen (secondary N) is 1. The molecule has 1 fully saturated rings. The van der Waals surface area contributed by atoms with Crippen LogP contribution in [0.3, 0.4) is 0 Å². The molecule has 1 heterocycles. The first-order chi connectivity index (χ1) is 10.0. The number of guanidine groups is 1. The van der Waals surface area contributed by atoms with Crippen LogP contribution in [0.4, 0.5) is 0 Å². The van der Waals surface area contributed by atoms with E-state index in [1.165, 1.54) is 0 Å². The van der Waals surface area contributed by atoms with E-state index in [1.807, 2.05) is 4.90 Å². The lowest BCUT2D eigenvalue weighted by molar-refractivity contribution is -0.134. The number of piperidine rings is 1. The molecule has 114 valence electrons. The Bertz CT molecular complexity index is 496. The first-order valence-electron chi connectivity index (χ1n) is 7.10. The van der Waals surface area contributed by atoms with Gasteiger partial charge in [0.15, 0.2) is 5.96 Å². The van der Waals surface area contributed by atoms with Gasteiger partial charge in [-0.1, -0.05) is 11.6 Å². The number of esters is 1. The molecule has 0 unspecified atom stereocenters. The number of rotatable bonds is 4. The molecule has 0 saturated carbocycles. The summed E-state index contributed by atoms with van der Waals surface area (Å²) in [6.07, 6.45) is 3.16. The number of benzene rings is 1. The summed E-state index contributed by atoms with van der Waals surface area (Å²) in [6, 6.07) is 6.76. The highest BCUT2D eigenvalue weighted by molar-refractivity contribution is 6.30. The zero-order valence-corrected chi connectivity index (χ0v) is 12.6. The average Bonchev–Trinajstić information content (AvgIpc) is 2.48. The van der Waals surface area contributed by atoms with Gasteiger partial charge in [0.05, 0.1) is 0 Å². The van der Waals surface area contributed by atoms with Gasteiger partial charge in [-0.25, -0.2) is 0 Å². The Hall–Kier alpha value is -1.75. The zero-order chi connectivity index (χ0) is 15.2. The number of carbonyl (C=O) groups excluding carboxylic acids is 1. The van der Waals surface area contributed by atoms with Crippen molar-refractivity contribution in [3.63, 3.8) is 0 Å². The van der Waals surface area contributed by atoms with Gasteiger partial charge in [0, 0.05) is 24.5 Å². The van der Waals surface area contributed by atoms with Gasteiger partial charge in [-0.15, -0.1) is 0 Å². The van der Waals surface area contributed by atoms with Crippen molar-refractivity contribution < 1.29 is 9.53 Å². The zero-order valence-electron chi connectivity index (χ0n) is 11.8. The van der Waals surface area contributed by atoms with Crippen molar-refractivity contribution in [1.82, 2.24) is 4.90 Å². The Morgan fingerprint density at radius 3 is 2.52 bits per heavy atom. The topological polar surface area (TPSA) is 79.4 Å². The number of hydrogen-bond donors (Lipinski definition) is 2. The van der Waals surface area contributed by atoms with E-state index in [-0.39, 0.29) is 11.9 Å². The molecule has 1 aromatic rings. The van der Waals surface area contributed by atoms with E-state index in [2.05, 4.69) is 0 Å². The number of nitrogens with zero attached hydrogens (tertiary/aromatic N) is 1. The molecule has 5 nitrogen and oxygen atoms in total. The van der Waals surface area contributed by atoms with E-state index < -0.39 is 0 Å². The first-order valence-corrected chi connectivity index (χ1v) is 7.47. The van der Waals surface area contributed by atoms with Gasteiger partial charge in [0.25, 0.3) is 0 Å². The lowest BCUT2D eigenvalue weighted by atomic mass is 9.92. The molecule has 0 spiro atoms. The summed E-state index contributed by atoms with van der Waals surface area (Å²) >= 11 is 5.78. The number of carbonyl (C=O) groups is 1. The van der Waals surface area contributed by atoms with Gasteiger partial charge >= 0.3 is 5.97 Å². The summed E-state index contributed by atoms with van der Waals surface area (Å²) in [5.41, 5.74) is 5.46. The van der Waals surface area contributed by atoms with Crippen molar-refractivity contribution in [3.8, 4) is 5.75 Å². The van der Waals surface area contributed by atoms with Crippen LogP contribution in [-0.2, 0) is 4.79 Å². The molecule has 0 aliphatic carbocycles. The molecular formula is C15H20ClN3O2. The normalized spacial score (nSPS) is 15.8. The lowest BCUT2D eigenvalue weighted by Crippen LogP contribution is -2.42. The number of nitrogens with two attached hydrogens (primary N) is 1. The van der Waals surface area contributed by atoms with Crippen LogP contribution in [0.15, 0.2) is 24.3 Å². The molecule has 1 saturated heterocycles. The van der Waals surface area contributed by atoms with Gasteiger partial charge in [-0.05, 0) is 49.4 Å². The summed E-state index contributed by atoms with van der Waals surface area (Å²) in [4.78, 5) is 13.7. The fourth-order valence-electron chi connectivity index (χ4n) is 2.47. The van der Waals surface area contributed by atoms with E-state index in [0.717, 1.165) is 32.4 Å². The van der Waals surface area contributed by atoms with Crippen molar-refractivity contribution in [2.75, 3.05) is 13.1 Å². The van der Waals surface area contributed by atoms with Crippen LogP contribution in [-0.4, -0.2) is 29.9 Å². The average molecular weight is 310 g/mol. The molecular weight excluding hydrogens is 290 g/mol. The van der Waals surface area contributed by atoms with Crippen molar-refractivity contribution in [2.45, 2.75) is 25.7 Å². The molecule has 1 aromatic carbocycles. The standard InChI is InChI=1S/C15H20ClN3O2/c16-12-2-4-13(5-3-12)21-14(20)6-1-11-7-9-19(10-8-11)15(17)18/h2-5,11H,1,6-10H2,(H3,17,18). The molecule has 3 N–H and O–H groups in total. The summed E-state index contributed by atoms with van der Waals surface area (Å²) in [5.74, 6) is 0.941. The summed E-state index contributed by atoms with van der Waals surface area (Å²) < 4.78 is 5.26. The highest BCUT2D eigenvalue weighted by atomic mass is 35.5. The molecule has 21 heavy (non-hydrogen) atoms. The molecule has 2 rings (SSSR count). The maximum atomic E-state index is 11.8. The number of ether oxygens (including phenoxy) is 1. The van der Waals surface area contributed by atoms with Crippen LogP contribution in [0.1, 0.15) is 25.7 Å². The highest BCUT2D eigenvalue weighted by Gasteiger charge is 2.20. The van der Waals surface area contributed by atoms with Gasteiger partial charge < -0.3 is 15.4 Å². The highest BCUT2D eigenvalue weighted by Crippen LogP contribution is 2.22. The van der Waals surface area contributed by atoms with Crippen LogP contribution >= 0.6 is 11.6 Å². The number of likely N-dealkylation sites (tertiary alicyclic amines) is 1. The largest absolute Gasteiger partial charge is 0.427 e. The second kappa shape index (κ2) is 7.31. The number of halogens is 1. The smallest absolute Gasteiger partial charge is 0.311 e.